The number of carbonyl (C=O) groups is 1. The molecule has 11 heavy (non-hydrogen) atoms. The third kappa shape index (κ3) is 1.47. The van der Waals surface area contributed by atoms with Gasteiger partial charge >= 0.3 is 0 Å². The normalized spacial score (nSPS) is 11.4. The maximum atomic E-state index is 10.4. The maximum absolute atomic E-state index is 10.4. The molecule has 1 aromatic heterocycles. The standard InChI is InChI=1S/C5H4O5S/c6-3-4-5(1-2-10-4)11(7,8)9/h1-3H,(H,7,8,9). The van der Waals surface area contributed by atoms with Crippen LogP contribution in [-0.4, -0.2) is 19.3 Å². The van der Waals surface area contributed by atoms with Crippen LogP contribution in [0.3, 0.4) is 0 Å². The van der Waals surface area contributed by atoms with Gasteiger partial charge in [-0.3, -0.25) is 9.35 Å². The van der Waals surface area contributed by atoms with Gasteiger partial charge in [-0.15, -0.1) is 0 Å². The van der Waals surface area contributed by atoms with Gasteiger partial charge in [0, 0.05) is 0 Å². The fourth-order valence-corrected chi connectivity index (χ4v) is 1.19. The molecule has 0 aromatic carbocycles. The summed E-state index contributed by atoms with van der Waals surface area (Å²) in [7, 11) is -4.33. The van der Waals surface area contributed by atoms with Crippen LogP contribution in [0.15, 0.2) is 21.6 Å². The van der Waals surface area contributed by atoms with E-state index in [1.807, 2.05) is 0 Å². The van der Waals surface area contributed by atoms with Crippen molar-refractivity contribution >= 4 is 16.4 Å². The molecule has 0 radical (unpaired) electrons. The molecule has 1 heterocycles. The van der Waals surface area contributed by atoms with Crippen molar-refractivity contribution in [3.05, 3.63) is 18.1 Å². The highest BCUT2D eigenvalue weighted by Crippen LogP contribution is 2.13. The van der Waals surface area contributed by atoms with E-state index in [0.717, 1.165) is 12.3 Å². The molecule has 0 spiro atoms. The first-order valence-corrected chi connectivity index (χ1v) is 4.00. The highest BCUT2D eigenvalue weighted by atomic mass is 32.2. The quantitative estimate of drug-likeness (QED) is 0.518. The van der Waals surface area contributed by atoms with Gasteiger partial charge in [-0.1, -0.05) is 0 Å². The van der Waals surface area contributed by atoms with E-state index in [4.69, 9.17) is 4.55 Å². The van der Waals surface area contributed by atoms with Gasteiger partial charge in [0.2, 0.25) is 0 Å². The summed E-state index contributed by atoms with van der Waals surface area (Å²) in [6, 6.07) is 0.999. The molecule has 1 N–H and O–H groups in total. The molecule has 1 rings (SSSR count). The summed E-state index contributed by atoms with van der Waals surface area (Å²) in [6.45, 7) is 0. The molecular weight excluding hydrogens is 172 g/mol. The third-order valence-electron chi connectivity index (χ3n) is 1.04. The van der Waals surface area contributed by atoms with Gasteiger partial charge < -0.3 is 4.42 Å². The molecule has 0 saturated carbocycles. The van der Waals surface area contributed by atoms with Gasteiger partial charge in [0.15, 0.2) is 12.0 Å². The van der Waals surface area contributed by atoms with Crippen LogP contribution in [0.25, 0.3) is 0 Å². The van der Waals surface area contributed by atoms with Crippen LogP contribution >= 0.6 is 0 Å². The molecule has 1 aromatic rings. The Morgan fingerprint density at radius 3 is 2.55 bits per heavy atom. The van der Waals surface area contributed by atoms with E-state index in [9.17, 15) is 13.2 Å². The van der Waals surface area contributed by atoms with Crippen molar-refractivity contribution in [2.24, 2.45) is 0 Å². The van der Waals surface area contributed by atoms with Crippen molar-refractivity contribution < 1.29 is 22.2 Å². The summed E-state index contributed by atoms with van der Waals surface area (Å²) in [4.78, 5) is 9.56. The second-order valence-electron chi connectivity index (χ2n) is 1.74. The topological polar surface area (TPSA) is 84.6 Å². The molecule has 0 unspecified atom stereocenters. The van der Waals surface area contributed by atoms with E-state index in [-0.39, 0.29) is 6.29 Å². The van der Waals surface area contributed by atoms with Crippen molar-refractivity contribution in [3.8, 4) is 0 Å². The molecule has 0 aliphatic rings. The van der Waals surface area contributed by atoms with Gasteiger partial charge in [-0.25, -0.2) is 0 Å². The molecule has 0 fully saturated rings. The molecule has 0 amide bonds. The lowest BCUT2D eigenvalue weighted by atomic mass is 10.5. The van der Waals surface area contributed by atoms with E-state index in [1.54, 1.807) is 0 Å². The third-order valence-corrected chi connectivity index (χ3v) is 1.94. The fourth-order valence-electron chi connectivity index (χ4n) is 0.608. The highest BCUT2D eigenvalue weighted by molar-refractivity contribution is 7.85. The van der Waals surface area contributed by atoms with E-state index in [0.29, 0.717) is 0 Å². The molecule has 6 heteroatoms. The van der Waals surface area contributed by atoms with Gasteiger partial charge in [-0.05, 0) is 6.07 Å². The van der Waals surface area contributed by atoms with E-state index >= 15 is 0 Å². The Bertz CT molecular complexity index is 360. The largest absolute Gasteiger partial charge is 0.460 e. The zero-order valence-electron chi connectivity index (χ0n) is 5.22. The Morgan fingerprint density at radius 2 is 2.18 bits per heavy atom. The van der Waals surface area contributed by atoms with Crippen LogP contribution < -0.4 is 0 Å². The lowest BCUT2D eigenvalue weighted by Gasteiger charge is -1.88. The number of aldehydes is 1. The summed E-state index contributed by atoms with van der Waals surface area (Å²) >= 11 is 0. The number of furan rings is 1. The molecule has 0 bridgehead atoms. The Hall–Kier alpha value is -1.14. The zero-order chi connectivity index (χ0) is 8.48. The fraction of sp³-hybridized carbons (Fsp3) is 0. The predicted molar refractivity (Wildman–Crippen MR) is 33.9 cm³/mol. The van der Waals surface area contributed by atoms with E-state index in [1.165, 1.54) is 0 Å². The first kappa shape index (κ1) is 7.96. The molecule has 5 nitrogen and oxygen atoms in total. The predicted octanol–water partition coefficient (Wildman–Crippen LogP) is 0.339. The summed E-state index contributed by atoms with van der Waals surface area (Å²) in [5.74, 6) is -0.396. The number of rotatable bonds is 2. The molecule has 0 saturated heterocycles. The Labute approximate surface area is 62.4 Å². The molecule has 0 atom stereocenters. The monoisotopic (exact) mass is 176 g/mol. The van der Waals surface area contributed by atoms with Crippen molar-refractivity contribution in [1.29, 1.82) is 0 Å². The van der Waals surface area contributed by atoms with Crippen molar-refractivity contribution in [2.75, 3.05) is 0 Å². The second-order valence-corrected chi connectivity index (χ2v) is 3.13. The summed E-state index contributed by atoms with van der Waals surface area (Å²) in [5, 5.41) is 0. The first-order chi connectivity index (χ1) is 5.05. The first-order valence-electron chi connectivity index (χ1n) is 2.56. The Morgan fingerprint density at radius 1 is 1.55 bits per heavy atom. The van der Waals surface area contributed by atoms with Gasteiger partial charge in [0.25, 0.3) is 10.1 Å². The minimum atomic E-state index is -4.33. The maximum Gasteiger partial charge on any atom is 0.298 e. The lowest BCUT2D eigenvalue weighted by Crippen LogP contribution is -1.98. The zero-order valence-corrected chi connectivity index (χ0v) is 6.04. The van der Waals surface area contributed by atoms with Gasteiger partial charge in [-0.2, -0.15) is 8.42 Å². The van der Waals surface area contributed by atoms with Crippen LogP contribution in [0.1, 0.15) is 10.6 Å². The van der Waals surface area contributed by atoms with E-state index in [2.05, 4.69) is 4.42 Å². The number of carbonyl (C=O) groups excluding carboxylic acids is 1. The minimum absolute atomic E-state index is 0.211. The van der Waals surface area contributed by atoms with E-state index < -0.39 is 20.8 Å². The van der Waals surface area contributed by atoms with Crippen molar-refractivity contribution in [1.82, 2.24) is 0 Å². The minimum Gasteiger partial charge on any atom is -0.460 e. The van der Waals surface area contributed by atoms with Crippen LogP contribution in [0.2, 0.25) is 0 Å². The van der Waals surface area contributed by atoms with Crippen LogP contribution in [0.5, 0.6) is 0 Å². The number of hydrogen-bond acceptors (Lipinski definition) is 4. The number of hydrogen-bond donors (Lipinski definition) is 1. The highest BCUT2D eigenvalue weighted by Gasteiger charge is 2.17. The van der Waals surface area contributed by atoms with Crippen LogP contribution in [0.4, 0.5) is 0 Å². The van der Waals surface area contributed by atoms with Gasteiger partial charge in [0.05, 0.1) is 6.26 Å². The summed E-state index contributed by atoms with van der Waals surface area (Å²) in [5.41, 5.74) is 0. The van der Waals surface area contributed by atoms with Crippen LogP contribution in [0, 0.1) is 0 Å². The van der Waals surface area contributed by atoms with Crippen molar-refractivity contribution in [3.63, 3.8) is 0 Å². The average molecular weight is 176 g/mol. The molecule has 60 valence electrons. The average Bonchev–Trinajstić information content (AvgIpc) is 2.31. The summed E-state index contributed by atoms with van der Waals surface area (Å²) in [6.07, 6.45) is 1.22. The SMILES string of the molecule is O=Cc1occc1S(=O)(=O)O. The molecule has 0 aliphatic heterocycles. The molecular formula is C5H4O5S. The Balaban J connectivity index is 3.35. The Kier molecular flexibility index (Phi) is 1.79. The molecule has 0 aliphatic carbocycles. The lowest BCUT2D eigenvalue weighted by molar-refractivity contribution is 0.109. The van der Waals surface area contributed by atoms with Crippen molar-refractivity contribution in [2.45, 2.75) is 4.90 Å². The van der Waals surface area contributed by atoms with Gasteiger partial charge in [0.1, 0.15) is 4.90 Å². The summed E-state index contributed by atoms with van der Waals surface area (Å²) < 4.78 is 33.7. The second kappa shape index (κ2) is 2.48. The smallest absolute Gasteiger partial charge is 0.298 e. The van der Waals surface area contributed by atoms with Crippen LogP contribution in [-0.2, 0) is 10.1 Å².